The second kappa shape index (κ2) is 13.7. The standard InChI is InChI=1S/2C13H12ClN3O3.Hg/c2*1-2-20-12(18)8-7-15-13(19)17-11(8)16-10-6-4-3-5-9(10)14;/h2*3-7H,2H2,1H3,(H2,15,16,17,18,19);/q;;+2/p-2. The van der Waals surface area contributed by atoms with Crippen molar-refractivity contribution >= 4 is 58.2 Å². The number of esters is 2. The molecule has 4 rings (SSSR count). The Morgan fingerprint density at radius 1 is 0.756 bits per heavy atom. The second-order valence-corrected chi connectivity index (χ2v) is 15.5. The van der Waals surface area contributed by atoms with Crippen LogP contribution in [0.4, 0.5) is 23.0 Å². The van der Waals surface area contributed by atoms with Crippen LogP contribution in [0.5, 0.6) is 0 Å². The van der Waals surface area contributed by atoms with Crippen molar-refractivity contribution < 1.29 is 44.2 Å². The van der Waals surface area contributed by atoms with Crippen molar-refractivity contribution in [1.29, 1.82) is 0 Å². The van der Waals surface area contributed by atoms with Crippen LogP contribution in [0.1, 0.15) is 34.6 Å². The summed E-state index contributed by atoms with van der Waals surface area (Å²) in [4.78, 5) is 59.8. The molecule has 0 spiro atoms. The quantitative estimate of drug-likeness (QED) is 0.177. The Balaban J connectivity index is 1.76. The van der Waals surface area contributed by atoms with Crippen molar-refractivity contribution in [2.75, 3.05) is 23.8 Å². The normalized spacial score (nSPS) is 10.4. The summed E-state index contributed by atoms with van der Waals surface area (Å²) in [6, 6.07) is 13.5. The number of carbonyl (C=O) groups is 2. The van der Waals surface area contributed by atoms with Gasteiger partial charge in [0.05, 0.1) is 0 Å². The van der Waals surface area contributed by atoms with Gasteiger partial charge in [-0.25, -0.2) is 0 Å². The van der Waals surface area contributed by atoms with Crippen LogP contribution in [0.15, 0.2) is 70.5 Å². The van der Waals surface area contributed by atoms with E-state index in [2.05, 4.69) is 20.6 Å². The van der Waals surface area contributed by atoms with Crippen molar-refractivity contribution in [3.05, 3.63) is 103 Å². The number of benzene rings is 2. The molecule has 0 atom stereocenters. The zero-order valence-electron chi connectivity index (χ0n) is 21.9. The second-order valence-electron chi connectivity index (χ2n) is 8.30. The number of nitrogens with one attached hydrogen (secondary N) is 2. The molecule has 208 valence electrons. The Labute approximate surface area is 256 Å². The molecule has 0 fully saturated rings. The Bertz CT molecular complexity index is 1600. The van der Waals surface area contributed by atoms with Gasteiger partial charge in [-0.3, -0.25) is 0 Å². The molecular weight excluding hydrogens is 764 g/mol. The van der Waals surface area contributed by atoms with Crippen molar-refractivity contribution in [1.82, 2.24) is 14.6 Å². The Hall–Kier alpha value is -3.74. The molecule has 0 unspecified atom stereocenters. The minimum atomic E-state index is -3.03. The van der Waals surface area contributed by atoms with Crippen LogP contribution in [-0.4, -0.2) is 39.8 Å². The predicted octanol–water partition coefficient (Wildman–Crippen LogP) is 4.26. The molecule has 41 heavy (non-hydrogen) atoms. The fourth-order valence-corrected chi connectivity index (χ4v) is 8.83. The SMILES string of the molecule is CCOC(=O)c1c[n]([Hg][n]2cc(C(=O)OCC)c(Nc3ccccc3Cl)nc2=O)c(=O)nc1Nc1ccccc1Cl. The first-order valence-electron chi connectivity index (χ1n) is 12.3. The van der Waals surface area contributed by atoms with Gasteiger partial charge in [0.1, 0.15) is 0 Å². The first-order valence-corrected chi connectivity index (χ1v) is 18.0. The molecule has 0 amide bonds. The van der Waals surface area contributed by atoms with Gasteiger partial charge < -0.3 is 0 Å². The van der Waals surface area contributed by atoms with Crippen LogP contribution in [0, 0.1) is 0 Å². The van der Waals surface area contributed by atoms with Crippen LogP contribution in [0.2, 0.25) is 10.0 Å². The molecule has 2 aromatic carbocycles. The number of aromatic nitrogens is 4. The number of carbonyl (C=O) groups excluding carboxylic acids is 2. The summed E-state index contributed by atoms with van der Waals surface area (Å²) >= 11 is 9.42. The number of ether oxygens (including phenoxy) is 2. The maximum atomic E-state index is 13.1. The third kappa shape index (κ3) is 7.32. The van der Waals surface area contributed by atoms with Crippen LogP contribution < -0.4 is 22.0 Å². The van der Waals surface area contributed by atoms with Gasteiger partial charge in [-0.15, -0.1) is 0 Å². The molecule has 0 saturated carbocycles. The number of para-hydroxylation sites is 2. The van der Waals surface area contributed by atoms with E-state index in [1.165, 1.54) is 17.1 Å². The van der Waals surface area contributed by atoms with Crippen molar-refractivity contribution in [2.24, 2.45) is 0 Å². The molecular formula is C26H22Cl2HgN6O6. The van der Waals surface area contributed by atoms with Crippen LogP contribution in [0.3, 0.4) is 0 Å². The fourth-order valence-electron chi connectivity index (χ4n) is 3.64. The molecule has 0 aliphatic carbocycles. The summed E-state index contributed by atoms with van der Waals surface area (Å²) in [5.74, 6) is -1.56. The summed E-state index contributed by atoms with van der Waals surface area (Å²) in [7, 11) is 0. The predicted molar refractivity (Wildman–Crippen MR) is 149 cm³/mol. The van der Waals surface area contributed by atoms with Gasteiger partial charge >= 0.3 is 258 Å². The van der Waals surface area contributed by atoms with Gasteiger partial charge in [0.15, 0.2) is 0 Å². The first-order chi connectivity index (χ1) is 19.7. The van der Waals surface area contributed by atoms with E-state index in [1.807, 2.05) is 0 Å². The average Bonchev–Trinajstić information content (AvgIpc) is 2.94. The number of nitrogens with zero attached hydrogens (tertiary/aromatic N) is 4. The number of anilines is 4. The fraction of sp³-hybridized carbons (Fsp3) is 0.154. The van der Waals surface area contributed by atoms with E-state index in [9.17, 15) is 19.2 Å². The molecule has 0 aliphatic rings. The first kappa shape index (κ1) is 30.2. The topological polar surface area (TPSA) is 146 Å². The third-order valence-electron chi connectivity index (χ3n) is 5.54. The van der Waals surface area contributed by atoms with Gasteiger partial charge in [-0.2, -0.15) is 0 Å². The Morgan fingerprint density at radius 2 is 1.15 bits per heavy atom. The molecule has 15 heteroatoms. The Kier molecular flexibility index (Phi) is 10.1. The van der Waals surface area contributed by atoms with E-state index in [0.29, 0.717) is 21.4 Å². The molecule has 2 N–H and O–H groups in total. The van der Waals surface area contributed by atoms with Gasteiger partial charge in [-0.1, -0.05) is 0 Å². The van der Waals surface area contributed by atoms with E-state index < -0.39 is 48.5 Å². The molecule has 12 nitrogen and oxygen atoms in total. The monoisotopic (exact) mass is 786 g/mol. The Morgan fingerprint density at radius 3 is 1.51 bits per heavy atom. The van der Waals surface area contributed by atoms with Crippen LogP contribution in [-0.2, 0) is 34.6 Å². The summed E-state index contributed by atoms with van der Waals surface area (Å²) < 4.78 is 12.8. The van der Waals surface area contributed by atoms with E-state index in [1.54, 1.807) is 62.4 Å². The summed E-state index contributed by atoms with van der Waals surface area (Å²) in [5, 5.41) is 6.51. The number of hydrogen-bond donors (Lipinski definition) is 2. The van der Waals surface area contributed by atoms with E-state index in [-0.39, 0.29) is 36.0 Å². The number of rotatable bonds is 10. The molecule has 0 saturated heterocycles. The zero-order valence-corrected chi connectivity index (χ0v) is 28.9. The van der Waals surface area contributed by atoms with Crippen LogP contribution in [0.25, 0.3) is 0 Å². The maximum absolute atomic E-state index is 13.1. The average molecular weight is 786 g/mol. The van der Waals surface area contributed by atoms with Crippen molar-refractivity contribution in [3.63, 3.8) is 0 Å². The minimum absolute atomic E-state index is 0.0324. The van der Waals surface area contributed by atoms with Gasteiger partial charge in [0.2, 0.25) is 0 Å². The summed E-state index contributed by atoms with van der Waals surface area (Å²) in [6.45, 7) is 3.45. The van der Waals surface area contributed by atoms with E-state index in [4.69, 9.17) is 32.7 Å². The number of halogens is 2. The summed E-state index contributed by atoms with van der Waals surface area (Å²) in [5.41, 5.74) is -0.635. The third-order valence-corrected chi connectivity index (χ3v) is 12.1. The molecule has 4 aromatic rings. The molecule has 0 bridgehead atoms. The van der Waals surface area contributed by atoms with Gasteiger partial charge in [0, 0.05) is 0 Å². The molecule has 2 aromatic heterocycles. The van der Waals surface area contributed by atoms with Gasteiger partial charge in [-0.05, 0) is 0 Å². The molecule has 0 radical (unpaired) electrons. The van der Waals surface area contributed by atoms with E-state index in [0.717, 1.165) is 0 Å². The zero-order chi connectivity index (χ0) is 29.5. The summed E-state index contributed by atoms with van der Waals surface area (Å²) in [6.07, 6.45) is 2.58. The molecule has 2 heterocycles. The van der Waals surface area contributed by atoms with Crippen molar-refractivity contribution in [2.45, 2.75) is 13.8 Å². The van der Waals surface area contributed by atoms with Gasteiger partial charge in [0.25, 0.3) is 0 Å². The molecule has 0 aliphatic heterocycles. The van der Waals surface area contributed by atoms with Crippen molar-refractivity contribution in [3.8, 4) is 0 Å². The number of hydrogen-bond acceptors (Lipinski definition) is 10. The van der Waals surface area contributed by atoms with Crippen LogP contribution >= 0.6 is 23.2 Å². The van der Waals surface area contributed by atoms with E-state index >= 15 is 0 Å².